The number of halogens is 1. The van der Waals surface area contributed by atoms with Crippen LogP contribution in [0.15, 0.2) is 41.4 Å². The number of amides is 1. The summed E-state index contributed by atoms with van der Waals surface area (Å²) in [5.74, 6) is 0.250. The predicted molar refractivity (Wildman–Crippen MR) is 111 cm³/mol. The van der Waals surface area contributed by atoms with Crippen LogP contribution in [0.4, 0.5) is 4.39 Å². The van der Waals surface area contributed by atoms with Gasteiger partial charge in [0.1, 0.15) is 11.9 Å². The molecule has 1 amide bonds. The Labute approximate surface area is 183 Å². The molecule has 1 fully saturated rings. The lowest BCUT2D eigenvalue weighted by Gasteiger charge is -2.15. The van der Waals surface area contributed by atoms with E-state index in [1.165, 1.54) is 10.9 Å². The molecule has 1 saturated carbocycles. The van der Waals surface area contributed by atoms with E-state index >= 15 is 0 Å². The van der Waals surface area contributed by atoms with Crippen molar-refractivity contribution in [2.45, 2.75) is 36.6 Å². The van der Waals surface area contributed by atoms with Crippen molar-refractivity contribution in [3.8, 4) is 11.9 Å². The summed E-state index contributed by atoms with van der Waals surface area (Å²) in [5.41, 5.74) is 0.272. The van der Waals surface area contributed by atoms with Gasteiger partial charge in [0.25, 0.3) is 5.91 Å². The molecule has 1 N–H and O–H groups in total. The Morgan fingerprint density at radius 3 is 2.66 bits per heavy atom. The molecule has 9 nitrogen and oxygen atoms in total. The third-order valence-corrected chi connectivity index (χ3v) is 6.07. The van der Waals surface area contributed by atoms with Crippen LogP contribution in [0.3, 0.4) is 0 Å². The molecule has 0 spiro atoms. The molecule has 0 bridgehead atoms. The van der Waals surface area contributed by atoms with Crippen molar-refractivity contribution in [3.63, 3.8) is 0 Å². The second-order valence-corrected chi connectivity index (χ2v) is 9.69. The van der Waals surface area contributed by atoms with Crippen LogP contribution in [0.5, 0.6) is 0 Å². The number of rotatable bonds is 6. The minimum atomic E-state index is -3.69. The van der Waals surface area contributed by atoms with Gasteiger partial charge >= 0.3 is 0 Å². The number of nitriles is 1. The fourth-order valence-electron chi connectivity index (χ4n) is 3.13. The number of benzene rings is 1. The van der Waals surface area contributed by atoms with Crippen LogP contribution < -0.4 is 5.32 Å². The molecule has 3 aromatic rings. The van der Waals surface area contributed by atoms with Gasteiger partial charge in [-0.1, -0.05) is 0 Å². The molecule has 0 saturated heterocycles. The Morgan fingerprint density at radius 2 is 2.06 bits per heavy atom. The number of nitrogens with one attached hydrogen (secondary N) is 1. The molecular weight excluding hydrogens is 435 g/mol. The quantitative estimate of drug-likeness (QED) is 0.605. The lowest BCUT2D eigenvalue weighted by atomic mass is 10.2. The molecule has 2 heterocycles. The SMILES string of the molecule is C[C@H](NC(=O)c1cc(F)cc(S(C)(=O)=O)c1)c1nc(C2CC2)nn1-c1ccc(C#N)cn1. The molecule has 1 atom stereocenters. The van der Waals surface area contributed by atoms with Gasteiger partial charge in [-0.2, -0.15) is 9.94 Å². The summed E-state index contributed by atoms with van der Waals surface area (Å²) in [6.45, 7) is 1.69. The van der Waals surface area contributed by atoms with Gasteiger partial charge in [0.05, 0.1) is 16.5 Å². The van der Waals surface area contributed by atoms with Crippen LogP contribution in [-0.4, -0.2) is 40.3 Å². The van der Waals surface area contributed by atoms with E-state index in [-0.39, 0.29) is 16.4 Å². The summed E-state index contributed by atoms with van der Waals surface area (Å²) in [7, 11) is -3.69. The lowest BCUT2D eigenvalue weighted by molar-refractivity contribution is 0.0937. The van der Waals surface area contributed by atoms with Crippen molar-refractivity contribution < 1.29 is 17.6 Å². The molecule has 32 heavy (non-hydrogen) atoms. The van der Waals surface area contributed by atoms with Crippen molar-refractivity contribution in [2.75, 3.05) is 6.26 Å². The fourth-order valence-corrected chi connectivity index (χ4v) is 3.80. The van der Waals surface area contributed by atoms with Crippen molar-refractivity contribution >= 4 is 15.7 Å². The topological polar surface area (TPSA) is 131 Å². The molecular formula is C21H19FN6O3S. The maximum Gasteiger partial charge on any atom is 0.252 e. The molecule has 164 valence electrons. The first-order valence-electron chi connectivity index (χ1n) is 9.80. The Kier molecular flexibility index (Phi) is 5.48. The van der Waals surface area contributed by atoms with Crippen molar-refractivity contribution in [1.29, 1.82) is 5.26 Å². The smallest absolute Gasteiger partial charge is 0.252 e. The lowest BCUT2D eigenvalue weighted by Crippen LogP contribution is -2.29. The number of hydrogen-bond acceptors (Lipinski definition) is 7. The Hall–Kier alpha value is -3.65. The number of hydrogen-bond donors (Lipinski definition) is 1. The average molecular weight is 454 g/mol. The Balaban J connectivity index is 1.65. The highest BCUT2D eigenvalue weighted by atomic mass is 32.2. The normalized spacial score (nSPS) is 14.6. The molecule has 4 rings (SSSR count). The van der Waals surface area contributed by atoms with Crippen molar-refractivity contribution in [1.82, 2.24) is 25.1 Å². The maximum atomic E-state index is 13.9. The van der Waals surface area contributed by atoms with Crippen molar-refractivity contribution in [2.24, 2.45) is 0 Å². The number of carbonyl (C=O) groups is 1. The Morgan fingerprint density at radius 1 is 1.31 bits per heavy atom. The second kappa shape index (κ2) is 8.12. The zero-order valence-electron chi connectivity index (χ0n) is 17.3. The molecule has 1 aliphatic rings. The molecule has 1 aliphatic carbocycles. The van der Waals surface area contributed by atoms with E-state index in [0.29, 0.717) is 23.0 Å². The van der Waals surface area contributed by atoms with Crippen LogP contribution in [0, 0.1) is 17.1 Å². The number of sulfone groups is 1. The summed E-state index contributed by atoms with van der Waals surface area (Å²) in [6, 6.07) is 7.56. The van der Waals surface area contributed by atoms with E-state index in [1.54, 1.807) is 19.1 Å². The third-order valence-electron chi connectivity index (χ3n) is 4.98. The standard InChI is InChI=1S/C21H19FN6O3S/c1-12(25-21(29)15-7-16(22)9-17(8-15)32(2,30)31)20-26-19(14-4-5-14)27-28(20)18-6-3-13(10-23)11-24-18/h3,6-9,11-12,14H,4-5H2,1-2H3,(H,25,29)/t12-/m0/s1. The summed E-state index contributed by atoms with van der Waals surface area (Å²) in [4.78, 5) is 21.3. The van der Waals surface area contributed by atoms with Crippen LogP contribution >= 0.6 is 0 Å². The molecule has 1 aromatic carbocycles. The van der Waals surface area contributed by atoms with Crippen LogP contribution in [0.2, 0.25) is 0 Å². The molecule has 0 aliphatic heterocycles. The number of nitrogens with zero attached hydrogens (tertiary/aromatic N) is 5. The number of carbonyl (C=O) groups excluding carboxylic acids is 1. The number of aromatic nitrogens is 4. The van der Waals surface area contributed by atoms with Crippen molar-refractivity contribution in [3.05, 3.63) is 65.1 Å². The second-order valence-electron chi connectivity index (χ2n) is 7.67. The maximum absolute atomic E-state index is 13.9. The molecule has 0 radical (unpaired) electrons. The third kappa shape index (κ3) is 4.50. The van der Waals surface area contributed by atoms with Gasteiger partial charge in [0.15, 0.2) is 27.3 Å². The molecule has 11 heteroatoms. The van der Waals surface area contributed by atoms with Gasteiger partial charge < -0.3 is 5.32 Å². The predicted octanol–water partition coefficient (Wildman–Crippen LogP) is 2.44. The monoisotopic (exact) mass is 454 g/mol. The first-order valence-corrected chi connectivity index (χ1v) is 11.7. The summed E-state index contributed by atoms with van der Waals surface area (Å²) in [6.07, 6.45) is 4.31. The van der Waals surface area contributed by atoms with Gasteiger partial charge in [0, 0.05) is 23.9 Å². The van der Waals surface area contributed by atoms with E-state index in [9.17, 15) is 17.6 Å². The minimum absolute atomic E-state index is 0.123. The summed E-state index contributed by atoms with van der Waals surface area (Å²) >= 11 is 0. The first kappa shape index (κ1) is 21.6. The van der Waals surface area contributed by atoms with Crippen LogP contribution in [0.1, 0.15) is 59.3 Å². The largest absolute Gasteiger partial charge is 0.342 e. The van der Waals surface area contributed by atoms with E-state index in [2.05, 4.69) is 20.4 Å². The molecule has 2 aromatic heterocycles. The van der Waals surface area contributed by atoms with Gasteiger partial charge in [-0.25, -0.2) is 22.8 Å². The first-order chi connectivity index (χ1) is 15.2. The summed E-state index contributed by atoms with van der Waals surface area (Å²) in [5, 5.41) is 16.2. The van der Waals surface area contributed by atoms with E-state index in [1.807, 2.05) is 6.07 Å². The highest BCUT2D eigenvalue weighted by Gasteiger charge is 2.31. The number of pyridine rings is 1. The van der Waals surface area contributed by atoms with Gasteiger partial charge in [-0.3, -0.25) is 4.79 Å². The zero-order valence-corrected chi connectivity index (χ0v) is 18.1. The molecule has 0 unspecified atom stereocenters. The van der Waals surface area contributed by atoms with Crippen LogP contribution in [0.25, 0.3) is 5.82 Å². The highest BCUT2D eigenvalue weighted by molar-refractivity contribution is 7.90. The van der Waals surface area contributed by atoms with Gasteiger partial charge in [-0.15, -0.1) is 5.10 Å². The Bertz CT molecular complexity index is 1340. The van der Waals surface area contributed by atoms with Gasteiger partial charge in [0.2, 0.25) is 0 Å². The average Bonchev–Trinajstić information content (AvgIpc) is 3.51. The van der Waals surface area contributed by atoms with E-state index in [4.69, 9.17) is 5.26 Å². The van der Waals surface area contributed by atoms with Crippen LogP contribution in [-0.2, 0) is 9.84 Å². The van der Waals surface area contributed by atoms with Gasteiger partial charge in [-0.05, 0) is 50.1 Å². The highest BCUT2D eigenvalue weighted by Crippen LogP contribution is 2.38. The van der Waals surface area contributed by atoms with E-state index in [0.717, 1.165) is 37.3 Å². The van der Waals surface area contributed by atoms with E-state index < -0.39 is 27.6 Å². The summed E-state index contributed by atoms with van der Waals surface area (Å²) < 4.78 is 39.0. The fraction of sp³-hybridized carbons (Fsp3) is 0.286. The minimum Gasteiger partial charge on any atom is -0.342 e. The zero-order chi connectivity index (χ0) is 23.0.